The fourth-order valence-corrected chi connectivity index (χ4v) is 2.56. The zero-order valence-corrected chi connectivity index (χ0v) is 12.6. The molecule has 0 bridgehead atoms. The molecule has 2 aromatic rings. The molecule has 0 aliphatic carbocycles. The van der Waals surface area contributed by atoms with E-state index in [1.54, 1.807) is 6.20 Å². The Kier molecular flexibility index (Phi) is 5.92. The number of carbonyl (C=O) groups excluding carboxylic acids is 1. The molecule has 0 radical (unpaired) electrons. The number of anilines is 1. The lowest BCUT2D eigenvalue weighted by molar-refractivity contribution is -0.116. The maximum atomic E-state index is 13.0. The topological polar surface area (TPSA) is 57.0 Å². The Morgan fingerprint density at radius 2 is 2.05 bits per heavy atom. The van der Waals surface area contributed by atoms with E-state index in [2.05, 4.69) is 4.98 Å². The molecule has 22 heavy (non-hydrogen) atoms. The highest BCUT2D eigenvalue weighted by Gasteiger charge is 2.16. The second-order valence-electron chi connectivity index (χ2n) is 4.39. The highest BCUT2D eigenvalue weighted by molar-refractivity contribution is 7.99. The van der Waals surface area contributed by atoms with Gasteiger partial charge in [-0.25, -0.2) is 9.37 Å². The summed E-state index contributed by atoms with van der Waals surface area (Å²) in [6, 6.07) is 13.2. The minimum Gasteiger partial charge on any atom is -0.311 e. The predicted molar refractivity (Wildman–Crippen MR) is 83.9 cm³/mol. The maximum absolute atomic E-state index is 13.0. The van der Waals surface area contributed by atoms with E-state index in [0.717, 1.165) is 5.03 Å². The summed E-state index contributed by atoms with van der Waals surface area (Å²) in [5.41, 5.74) is 0.586. The summed E-state index contributed by atoms with van der Waals surface area (Å²) in [5, 5.41) is 9.49. The molecule has 1 aromatic carbocycles. The van der Waals surface area contributed by atoms with Crippen molar-refractivity contribution in [3.8, 4) is 6.07 Å². The van der Waals surface area contributed by atoms with Crippen molar-refractivity contribution in [3.05, 3.63) is 54.5 Å². The van der Waals surface area contributed by atoms with Crippen molar-refractivity contribution in [2.75, 3.05) is 17.2 Å². The number of nitriles is 1. The van der Waals surface area contributed by atoms with E-state index >= 15 is 0 Å². The van der Waals surface area contributed by atoms with Gasteiger partial charge >= 0.3 is 0 Å². The van der Waals surface area contributed by atoms with Gasteiger partial charge in [0, 0.05) is 18.4 Å². The maximum Gasteiger partial charge on any atom is 0.237 e. The first kappa shape index (κ1) is 16.0. The summed E-state index contributed by atoms with van der Waals surface area (Å²) in [5.74, 6) is -0.295. The van der Waals surface area contributed by atoms with Crippen LogP contribution in [0.15, 0.2) is 53.7 Å². The minimum absolute atomic E-state index is 0.141. The lowest BCUT2D eigenvalue weighted by Crippen LogP contribution is -2.33. The molecular formula is C16H14FN3OS. The standard InChI is InChI=1S/C16H14FN3OS/c17-13-5-7-14(8-6-13)20(11-3-9-18)16(21)12-22-15-4-1-2-10-19-15/h1-2,4-8,10H,3,11-12H2. The van der Waals surface area contributed by atoms with Crippen molar-refractivity contribution < 1.29 is 9.18 Å². The van der Waals surface area contributed by atoms with Crippen molar-refractivity contribution in [1.29, 1.82) is 5.26 Å². The molecule has 6 heteroatoms. The van der Waals surface area contributed by atoms with Crippen LogP contribution >= 0.6 is 11.8 Å². The van der Waals surface area contributed by atoms with E-state index < -0.39 is 0 Å². The average molecular weight is 315 g/mol. The number of carbonyl (C=O) groups is 1. The van der Waals surface area contributed by atoms with Crippen LogP contribution in [0.1, 0.15) is 6.42 Å². The van der Waals surface area contributed by atoms with Crippen LogP contribution in [0.5, 0.6) is 0 Å². The lowest BCUT2D eigenvalue weighted by Gasteiger charge is -2.21. The van der Waals surface area contributed by atoms with Crippen LogP contribution in [0.4, 0.5) is 10.1 Å². The first-order valence-corrected chi connectivity index (χ1v) is 7.66. The van der Waals surface area contributed by atoms with E-state index in [1.165, 1.54) is 40.9 Å². The number of aromatic nitrogens is 1. The van der Waals surface area contributed by atoms with Crippen molar-refractivity contribution in [2.45, 2.75) is 11.4 Å². The number of hydrogen-bond acceptors (Lipinski definition) is 4. The number of amides is 1. The first-order valence-electron chi connectivity index (χ1n) is 6.67. The first-order chi connectivity index (χ1) is 10.7. The van der Waals surface area contributed by atoms with Crippen molar-refractivity contribution >= 4 is 23.4 Å². The van der Waals surface area contributed by atoms with E-state index in [1.807, 2.05) is 24.3 Å². The summed E-state index contributed by atoms with van der Waals surface area (Å²) in [6.07, 6.45) is 1.89. The third-order valence-electron chi connectivity index (χ3n) is 2.87. The number of hydrogen-bond donors (Lipinski definition) is 0. The van der Waals surface area contributed by atoms with E-state index in [9.17, 15) is 9.18 Å². The molecular weight excluding hydrogens is 301 g/mol. The molecule has 112 valence electrons. The molecule has 1 amide bonds. The van der Waals surface area contributed by atoms with E-state index in [-0.39, 0.29) is 30.4 Å². The van der Waals surface area contributed by atoms with Crippen molar-refractivity contribution in [3.63, 3.8) is 0 Å². The van der Waals surface area contributed by atoms with Crippen LogP contribution < -0.4 is 4.90 Å². The number of rotatable bonds is 6. The Bertz CT molecular complexity index is 655. The Morgan fingerprint density at radius 1 is 1.27 bits per heavy atom. The number of thioether (sulfide) groups is 1. The van der Waals surface area contributed by atoms with Crippen LogP contribution in [-0.4, -0.2) is 23.2 Å². The van der Waals surface area contributed by atoms with E-state index in [4.69, 9.17) is 5.26 Å². The Morgan fingerprint density at radius 3 is 2.68 bits per heavy atom. The van der Waals surface area contributed by atoms with Gasteiger partial charge in [0.1, 0.15) is 5.82 Å². The molecule has 4 nitrogen and oxygen atoms in total. The summed E-state index contributed by atoms with van der Waals surface area (Å²) >= 11 is 1.33. The van der Waals surface area contributed by atoms with Gasteiger partial charge in [-0.1, -0.05) is 17.8 Å². The molecule has 0 fully saturated rings. The van der Waals surface area contributed by atoms with Gasteiger partial charge in [-0.15, -0.1) is 0 Å². The number of halogens is 1. The molecule has 0 atom stereocenters. The van der Waals surface area contributed by atoms with Crippen molar-refractivity contribution in [2.24, 2.45) is 0 Å². The van der Waals surface area contributed by atoms with Crippen molar-refractivity contribution in [1.82, 2.24) is 4.98 Å². The summed E-state index contributed by atoms with van der Waals surface area (Å²) < 4.78 is 13.0. The quantitative estimate of drug-likeness (QED) is 0.768. The van der Waals surface area contributed by atoms with Gasteiger partial charge in [-0.2, -0.15) is 5.26 Å². The van der Waals surface area contributed by atoms with Crippen LogP contribution in [0, 0.1) is 17.1 Å². The van der Waals surface area contributed by atoms with Gasteiger partial charge in [0.2, 0.25) is 5.91 Å². The van der Waals surface area contributed by atoms with Gasteiger partial charge in [-0.3, -0.25) is 4.79 Å². The van der Waals surface area contributed by atoms with Crippen LogP contribution in [0.25, 0.3) is 0 Å². The normalized spacial score (nSPS) is 10.0. The minimum atomic E-state index is -0.362. The van der Waals surface area contributed by atoms with Gasteiger partial charge in [0.25, 0.3) is 0 Å². The number of nitrogens with zero attached hydrogens (tertiary/aromatic N) is 3. The molecule has 0 N–H and O–H groups in total. The summed E-state index contributed by atoms with van der Waals surface area (Å²) in [7, 11) is 0. The molecule has 0 spiro atoms. The second kappa shape index (κ2) is 8.15. The summed E-state index contributed by atoms with van der Waals surface area (Å²) in [4.78, 5) is 18.0. The third-order valence-corrected chi connectivity index (χ3v) is 3.80. The smallest absolute Gasteiger partial charge is 0.237 e. The average Bonchev–Trinajstić information content (AvgIpc) is 2.56. The largest absolute Gasteiger partial charge is 0.311 e. The molecule has 1 aromatic heterocycles. The van der Waals surface area contributed by atoms with Gasteiger partial charge in [0.05, 0.1) is 23.3 Å². The Hall–Kier alpha value is -2.39. The molecule has 0 aliphatic rings. The van der Waals surface area contributed by atoms with Crippen LogP contribution in [0.2, 0.25) is 0 Å². The highest BCUT2D eigenvalue weighted by Crippen LogP contribution is 2.19. The fraction of sp³-hybridized carbons (Fsp3) is 0.188. The third kappa shape index (κ3) is 4.57. The van der Waals surface area contributed by atoms with Gasteiger partial charge < -0.3 is 4.90 Å². The highest BCUT2D eigenvalue weighted by atomic mass is 32.2. The van der Waals surface area contributed by atoms with Gasteiger partial charge in [0.15, 0.2) is 0 Å². The Balaban J connectivity index is 2.06. The zero-order valence-electron chi connectivity index (χ0n) is 11.8. The summed E-state index contributed by atoms with van der Waals surface area (Å²) in [6.45, 7) is 0.281. The molecule has 0 saturated carbocycles. The van der Waals surface area contributed by atoms with Crippen LogP contribution in [0.3, 0.4) is 0 Å². The second-order valence-corrected chi connectivity index (χ2v) is 5.38. The van der Waals surface area contributed by atoms with Gasteiger partial charge in [-0.05, 0) is 36.4 Å². The van der Waals surface area contributed by atoms with E-state index in [0.29, 0.717) is 5.69 Å². The SMILES string of the molecule is N#CCCN(C(=O)CSc1ccccn1)c1ccc(F)cc1. The molecule has 2 rings (SSSR count). The molecule has 1 heterocycles. The zero-order chi connectivity index (χ0) is 15.8. The molecule has 0 aliphatic heterocycles. The van der Waals surface area contributed by atoms with Crippen LogP contribution in [-0.2, 0) is 4.79 Å². The lowest BCUT2D eigenvalue weighted by atomic mass is 10.2. The monoisotopic (exact) mass is 315 g/mol. The predicted octanol–water partition coefficient (Wildman–Crippen LogP) is 3.26. The molecule has 0 saturated heterocycles. The Labute approximate surface area is 132 Å². The fourth-order valence-electron chi connectivity index (χ4n) is 1.83. The number of pyridine rings is 1. The molecule has 0 unspecified atom stereocenters. The number of benzene rings is 1.